The number of hydrogen-bond donors (Lipinski definition) is 2. The highest BCUT2D eigenvalue weighted by molar-refractivity contribution is 5.57. The number of ether oxygens (including phenoxy) is 1. The van der Waals surface area contributed by atoms with Crippen molar-refractivity contribution in [2.45, 2.75) is 13.8 Å². The molecule has 2 rings (SSSR count). The third-order valence-corrected chi connectivity index (χ3v) is 2.87. The molecule has 17 heavy (non-hydrogen) atoms. The van der Waals surface area contributed by atoms with Gasteiger partial charge in [0.1, 0.15) is 11.5 Å². The number of rotatable bonds is 2. The Bertz CT molecular complexity index is 500. The Kier molecular flexibility index (Phi) is 2.91. The summed E-state index contributed by atoms with van der Waals surface area (Å²) in [5.74, 6) is 1.53. The smallest absolute Gasteiger partial charge is 0.132 e. The number of nitrogen functional groups attached to an aromatic ring is 2. The largest absolute Gasteiger partial charge is 0.457 e. The maximum absolute atomic E-state index is 5.84. The van der Waals surface area contributed by atoms with Crippen LogP contribution in [0.1, 0.15) is 11.1 Å². The van der Waals surface area contributed by atoms with Crippen LogP contribution in [0.25, 0.3) is 0 Å². The van der Waals surface area contributed by atoms with E-state index in [4.69, 9.17) is 16.2 Å². The third kappa shape index (κ3) is 2.18. The van der Waals surface area contributed by atoms with E-state index in [-0.39, 0.29) is 0 Å². The maximum atomic E-state index is 5.84. The average Bonchev–Trinajstić information content (AvgIpc) is 2.31. The first-order valence-corrected chi connectivity index (χ1v) is 5.47. The van der Waals surface area contributed by atoms with Crippen molar-refractivity contribution in [2.75, 3.05) is 11.5 Å². The van der Waals surface area contributed by atoms with Crippen molar-refractivity contribution in [2.24, 2.45) is 0 Å². The van der Waals surface area contributed by atoms with Crippen LogP contribution in [0.4, 0.5) is 11.4 Å². The lowest BCUT2D eigenvalue weighted by atomic mass is 10.1. The van der Waals surface area contributed by atoms with Crippen molar-refractivity contribution in [1.29, 1.82) is 0 Å². The van der Waals surface area contributed by atoms with Gasteiger partial charge in [0.2, 0.25) is 0 Å². The van der Waals surface area contributed by atoms with Crippen LogP contribution >= 0.6 is 0 Å². The van der Waals surface area contributed by atoms with E-state index in [9.17, 15) is 0 Å². The summed E-state index contributed by atoms with van der Waals surface area (Å²) < 4.78 is 5.84. The van der Waals surface area contributed by atoms with Crippen LogP contribution in [0.5, 0.6) is 11.5 Å². The summed E-state index contributed by atoms with van der Waals surface area (Å²) in [6, 6.07) is 11.3. The van der Waals surface area contributed by atoms with E-state index in [2.05, 4.69) is 0 Å². The predicted molar refractivity (Wildman–Crippen MR) is 71.3 cm³/mol. The molecule has 4 N–H and O–H groups in total. The van der Waals surface area contributed by atoms with E-state index in [1.807, 2.05) is 50.2 Å². The number of anilines is 2. The highest BCUT2D eigenvalue weighted by Crippen LogP contribution is 2.31. The van der Waals surface area contributed by atoms with Crippen LogP contribution in [0, 0.1) is 13.8 Å². The van der Waals surface area contributed by atoms with Gasteiger partial charge in [0, 0.05) is 22.5 Å². The van der Waals surface area contributed by atoms with Crippen LogP contribution in [0.3, 0.4) is 0 Å². The Morgan fingerprint density at radius 1 is 0.765 bits per heavy atom. The van der Waals surface area contributed by atoms with Gasteiger partial charge in [-0.3, -0.25) is 0 Å². The second-order valence-electron chi connectivity index (χ2n) is 4.04. The minimum Gasteiger partial charge on any atom is -0.457 e. The van der Waals surface area contributed by atoms with Crippen molar-refractivity contribution >= 4 is 11.4 Å². The fourth-order valence-electron chi connectivity index (χ4n) is 1.60. The molecule has 0 fully saturated rings. The molecule has 0 aromatic heterocycles. The second kappa shape index (κ2) is 4.37. The number of benzene rings is 2. The van der Waals surface area contributed by atoms with Gasteiger partial charge in [0.15, 0.2) is 0 Å². The minimum absolute atomic E-state index is 0.726. The second-order valence-corrected chi connectivity index (χ2v) is 4.04. The Labute approximate surface area is 101 Å². The first-order valence-electron chi connectivity index (χ1n) is 5.47. The molecule has 0 heterocycles. The SMILES string of the molecule is Cc1c(N)cccc1Oc1cccc(N)c1C. The lowest BCUT2D eigenvalue weighted by molar-refractivity contribution is 0.476. The quantitative estimate of drug-likeness (QED) is 0.775. The highest BCUT2D eigenvalue weighted by atomic mass is 16.5. The molecule has 0 amide bonds. The van der Waals surface area contributed by atoms with Gasteiger partial charge < -0.3 is 16.2 Å². The molecule has 0 saturated carbocycles. The number of hydrogen-bond acceptors (Lipinski definition) is 3. The molecule has 2 aromatic rings. The van der Waals surface area contributed by atoms with Gasteiger partial charge in [-0.15, -0.1) is 0 Å². The molecule has 3 nitrogen and oxygen atoms in total. The van der Waals surface area contributed by atoms with Crippen LogP contribution < -0.4 is 16.2 Å². The van der Waals surface area contributed by atoms with Gasteiger partial charge in [-0.1, -0.05) is 12.1 Å². The first-order chi connectivity index (χ1) is 8.09. The summed E-state index contributed by atoms with van der Waals surface area (Å²) in [5, 5.41) is 0. The van der Waals surface area contributed by atoms with Crippen molar-refractivity contribution in [3.63, 3.8) is 0 Å². The van der Waals surface area contributed by atoms with Crippen molar-refractivity contribution in [1.82, 2.24) is 0 Å². The highest BCUT2D eigenvalue weighted by Gasteiger charge is 2.07. The molecule has 0 radical (unpaired) electrons. The molecule has 0 aliphatic carbocycles. The van der Waals surface area contributed by atoms with Gasteiger partial charge in [-0.05, 0) is 38.1 Å². The van der Waals surface area contributed by atoms with Gasteiger partial charge in [0.25, 0.3) is 0 Å². The molecule has 2 aromatic carbocycles. The Balaban J connectivity index is 2.38. The topological polar surface area (TPSA) is 61.3 Å². The molecule has 0 atom stereocenters. The third-order valence-electron chi connectivity index (χ3n) is 2.87. The molecule has 0 aliphatic rings. The molecule has 0 spiro atoms. The van der Waals surface area contributed by atoms with E-state index >= 15 is 0 Å². The lowest BCUT2D eigenvalue weighted by Gasteiger charge is -2.13. The Hall–Kier alpha value is -2.16. The normalized spacial score (nSPS) is 10.2. The standard InChI is InChI=1S/C14H16N2O/c1-9-11(15)5-3-7-13(9)17-14-8-4-6-12(16)10(14)2/h3-8H,15-16H2,1-2H3. The Morgan fingerprint density at radius 3 is 1.59 bits per heavy atom. The summed E-state index contributed by atoms with van der Waals surface area (Å²) >= 11 is 0. The van der Waals surface area contributed by atoms with Crippen molar-refractivity contribution < 1.29 is 4.74 Å². The van der Waals surface area contributed by atoms with Gasteiger partial charge in [-0.2, -0.15) is 0 Å². The van der Waals surface area contributed by atoms with Crippen LogP contribution in [-0.2, 0) is 0 Å². The zero-order valence-corrected chi connectivity index (χ0v) is 10.0. The predicted octanol–water partition coefficient (Wildman–Crippen LogP) is 3.26. The molecule has 0 bridgehead atoms. The van der Waals surface area contributed by atoms with Crippen LogP contribution in [-0.4, -0.2) is 0 Å². The fourth-order valence-corrected chi connectivity index (χ4v) is 1.60. The monoisotopic (exact) mass is 228 g/mol. The molecular weight excluding hydrogens is 212 g/mol. The van der Waals surface area contributed by atoms with E-state index in [1.165, 1.54) is 0 Å². The van der Waals surface area contributed by atoms with Gasteiger partial charge in [-0.25, -0.2) is 0 Å². The van der Waals surface area contributed by atoms with E-state index in [0.29, 0.717) is 0 Å². The van der Waals surface area contributed by atoms with Crippen LogP contribution in [0.2, 0.25) is 0 Å². The van der Waals surface area contributed by atoms with E-state index < -0.39 is 0 Å². The van der Waals surface area contributed by atoms with E-state index in [0.717, 1.165) is 34.0 Å². The Morgan fingerprint density at radius 2 is 1.18 bits per heavy atom. The molecule has 88 valence electrons. The molecular formula is C14H16N2O. The zero-order chi connectivity index (χ0) is 12.4. The van der Waals surface area contributed by atoms with Gasteiger partial charge in [0.05, 0.1) is 0 Å². The molecule has 0 unspecified atom stereocenters. The van der Waals surface area contributed by atoms with Gasteiger partial charge >= 0.3 is 0 Å². The fraction of sp³-hybridized carbons (Fsp3) is 0.143. The maximum Gasteiger partial charge on any atom is 0.132 e. The summed E-state index contributed by atoms with van der Waals surface area (Å²) in [5.41, 5.74) is 15.0. The summed E-state index contributed by atoms with van der Waals surface area (Å²) in [7, 11) is 0. The molecule has 0 aliphatic heterocycles. The summed E-state index contributed by atoms with van der Waals surface area (Å²) in [6.07, 6.45) is 0. The van der Waals surface area contributed by atoms with Crippen molar-refractivity contribution in [3.05, 3.63) is 47.5 Å². The lowest BCUT2D eigenvalue weighted by Crippen LogP contribution is -1.96. The zero-order valence-electron chi connectivity index (χ0n) is 10.0. The molecule has 3 heteroatoms. The minimum atomic E-state index is 0.726. The number of nitrogens with two attached hydrogens (primary N) is 2. The average molecular weight is 228 g/mol. The first kappa shape index (κ1) is 11.3. The van der Waals surface area contributed by atoms with Crippen molar-refractivity contribution in [3.8, 4) is 11.5 Å². The van der Waals surface area contributed by atoms with E-state index in [1.54, 1.807) is 0 Å². The summed E-state index contributed by atoms with van der Waals surface area (Å²) in [6.45, 7) is 3.87. The molecule has 0 saturated heterocycles. The summed E-state index contributed by atoms with van der Waals surface area (Å²) in [4.78, 5) is 0. The van der Waals surface area contributed by atoms with Crippen LogP contribution in [0.15, 0.2) is 36.4 Å².